The molecule has 2 rings (SSSR count). The fourth-order valence-electron chi connectivity index (χ4n) is 1.61. The Kier molecular flexibility index (Phi) is 3.00. The third kappa shape index (κ3) is 2.02. The van der Waals surface area contributed by atoms with Gasteiger partial charge in [-0.25, -0.2) is 0 Å². The van der Waals surface area contributed by atoms with Gasteiger partial charge in [-0.3, -0.25) is 0 Å². The third-order valence-corrected chi connectivity index (χ3v) is 2.96. The SMILES string of the molecule is COc1cccc2cc(N(C)I)ccc12. The molecule has 0 atom stereocenters. The molecule has 2 aromatic rings. The van der Waals surface area contributed by atoms with E-state index in [-0.39, 0.29) is 0 Å². The number of halogens is 1. The summed E-state index contributed by atoms with van der Waals surface area (Å²) in [6.45, 7) is 0. The maximum atomic E-state index is 5.31. The minimum Gasteiger partial charge on any atom is -0.496 e. The van der Waals surface area contributed by atoms with Gasteiger partial charge in [0.1, 0.15) is 5.75 Å². The lowest BCUT2D eigenvalue weighted by Gasteiger charge is -2.11. The molecule has 0 saturated carbocycles. The molecule has 2 nitrogen and oxygen atoms in total. The van der Waals surface area contributed by atoms with Gasteiger partial charge >= 0.3 is 0 Å². The van der Waals surface area contributed by atoms with Gasteiger partial charge in [0, 0.05) is 18.1 Å². The number of rotatable bonds is 2. The molecule has 0 bridgehead atoms. The first-order valence-corrected chi connectivity index (χ1v) is 5.65. The molecule has 2 aromatic carbocycles. The van der Waals surface area contributed by atoms with Crippen molar-refractivity contribution in [2.75, 3.05) is 17.3 Å². The Labute approximate surface area is 103 Å². The highest BCUT2D eigenvalue weighted by Gasteiger charge is 2.02. The quantitative estimate of drug-likeness (QED) is 0.620. The summed E-state index contributed by atoms with van der Waals surface area (Å²) in [5.41, 5.74) is 1.19. The van der Waals surface area contributed by atoms with Crippen LogP contribution in [0.1, 0.15) is 0 Å². The van der Waals surface area contributed by atoms with Gasteiger partial charge in [0.05, 0.1) is 30.0 Å². The fourth-order valence-corrected chi connectivity index (χ4v) is 1.91. The maximum absolute atomic E-state index is 5.31. The lowest BCUT2D eigenvalue weighted by Crippen LogP contribution is -1.98. The number of ether oxygens (including phenoxy) is 1. The summed E-state index contributed by atoms with van der Waals surface area (Å²) in [4.78, 5) is 0. The second kappa shape index (κ2) is 4.26. The normalized spacial score (nSPS) is 10.3. The molecular weight excluding hydrogens is 301 g/mol. The zero-order chi connectivity index (χ0) is 10.8. The van der Waals surface area contributed by atoms with Gasteiger partial charge in [-0.2, -0.15) is 0 Å². The smallest absolute Gasteiger partial charge is 0.126 e. The molecule has 78 valence electrons. The van der Waals surface area contributed by atoms with Gasteiger partial charge in [-0.15, -0.1) is 0 Å². The number of anilines is 1. The minimum atomic E-state index is 0.926. The van der Waals surface area contributed by atoms with Gasteiger partial charge in [-0.05, 0) is 29.7 Å². The van der Waals surface area contributed by atoms with E-state index in [9.17, 15) is 0 Å². The van der Waals surface area contributed by atoms with Crippen molar-refractivity contribution in [1.82, 2.24) is 0 Å². The highest BCUT2D eigenvalue weighted by atomic mass is 127. The van der Waals surface area contributed by atoms with Crippen LogP contribution in [0, 0.1) is 0 Å². The lowest BCUT2D eigenvalue weighted by molar-refractivity contribution is 0.420. The number of nitrogens with zero attached hydrogens (tertiary/aromatic N) is 1. The van der Waals surface area contributed by atoms with Crippen LogP contribution >= 0.6 is 22.9 Å². The summed E-state index contributed by atoms with van der Waals surface area (Å²) in [6, 6.07) is 12.4. The van der Waals surface area contributed by atoms with Gasteiger partial charge in [-0.1, -0.05) is 12.1 Å². The molecule has 0 radical (unpaired) electrons. The molecule has 0 fully saturated rings. The monoisotopic (exact) mass is 313 g/mol. The number of hydrogen-bond acceptors (Lipinski definition) is 2. The van der Waals surface area contributed by atoms with Crippen molar-refractivity contribution in [3.8, 4) is 5.75 Å². The van der Waals surface area contributed by atoms with Crippen molar-refractivity contribution in [2.24, 2.45) is 0 Å². The van der Waals surface area contributed by atoms with Crippen molar-refractivity contribution >= 4 is 39.3 Å². The molecule has 0 aromatic heterocycles. The van der Waals surface area contributed by atoms with E-state index in [2.05, 4.69) is 50.2 Å². The molecule has 0 aliphatic rings. The Hall–Kier alpha value is -0.970. The summed E-state index contributed by atoms with van der Waals surface area (Å²) in [5, 5.41) is 2.36. The molecule has 0 aliphatic carbocycles. The van der Waals surface area contributed by atoms with Gasteiger partial charge < -0.3 is 7.85 Å². The second-order valence-corrected chi connectivity index (χ2v) is 4.79. The lowest BCUT2D eigenvalue weighted by atomic mass is 10.1. The van der Waals surface area contributed by atoms with Crippen molar-refractivity contribution in [3.05, 3.63) is 36.4 Å². The van der Waals surface area contributed by atoms with E-state index >= 15 is 0 Å². The van der Waals surface area contributed by atoms with Gasteiger partial charge in [0.15, 0.2) is 0 Å². The molecular formula is C12H12INO. The molecule has 3 heteroatoms. The average Bonchev–Trinajstić information content (AvgIpc) is 2.27. The molecule has 0 aliphatic heterocycles. The van der Waals surface area contributed by atoms with Crippen LogP contribution in [0.4, 0.5) is 5.69 Å². The molecule has 0 amide bonds. The van der Waals surface area contributed by atoms with E-state index in [0.717, 1.165) is 11.1 Å². The first-order chi connectivity index (χ1) is 7.22. The number of fused-ring (bicyclic) bond motifs is 1. The number of benzene rings is 2. The highest BCUT2D eigenvalue weighted by Crippen LogP contribution is 2.29. The van der Waals surface area contributed by atoms with E-state index in [1.165, 1.54) is 11.1 Å². The molecule has 0 N–H and O–H groups in total. The van der Waals surface area contributed by atoms with Crippen molar-refractivity contribution in [1.29, 1.82) is 0 Å². The van der Waals surface area contributed by atoms with Crippen LogP contribution in [-0.4, -0.2) is 14.2 Å². The van der Waals surface area contributed by atoms with Crippen LogP contribution in [0.3, 0.4) is 0 Å². The summed E-state index contributed by atoms with van der Waals surface area (Å²) in [6.07, 6.45) is 0. The molecule has 0 spiro atoms. The van der Waals surface area contributed by atoms with Crippen LogP contribution in [0.2, 0.25) is 0 Å². The predicted octanol–water partition coefficient (Wildman–Crippen LogP) is 3.63. The highest BCUT2D eigenvalue weighted by molar-refractivity contribution is 14.1. The standard InChI is InChI=1S/C12H12INO/c1-14(13)10-6-7-11-9(8-10)4-3-5-12(11)15-2/h3-8H,1-2H3. The number of methoxy groups -OCH3 is 1. The summed E-state index contributed by atoms with van der Waals surface area (Å²) in [7, 11) is 3.73. The summed E-state index contributed by atoms with van der Waals surface area (Å²) >= 11 is 2.26. The molecule has 0 heterocycles. The Morgan fingerprint density at radius 3 is 2.67 bits per heavy atom. The van der Waals surface area contributed by atoms with Gasteiger partial charge in [0.25, 0.3) is 0 Å². The Balaban J connectivity index is 2.63. The van der Waals surface area contributed by atoms with Crippen molar-refractivity contribution in [2.45, 2.75) is 0 Å². The minimum absolute atomic E-state index is 0.926. The first-order valence-electron chi connectivity index (χ1n) is 4.68. The third-order valence-electron chi connectivity index (χ3n) is 2.40. The molecule has 15 heavy (non-hydrogen) atoms. The van der Waals surface area contributed by atoms with E-state index < -0.39 is 0 Å². The van der Waals surface area contributed by atoms with Crippen LogP contribution in [-0.2, 0) is 0 Å². The Bertz CT molecular complexity index is 482. The Morgan fingerprint density at radius 1 is 1.20 bits per heavy atom. The molecule has 0 saturated heterocycles. The van der Waals surface area contributed by atoms with Crippen LogP contribution < -0.4 is 7.85 Å². The van der Waals surface area contributed by atoms with Crippen LogP contribution in [0.15, 0.2) is 36.4 Å². The largest absolute Gasteiger partial charge is 0.496 e. The van der Waals surface area contributed by atoms with Crippen molar-refractivity contribution < 1.29 is 4.74 Å². The fraction of sp³-hybridized carbons (Fsp3) is 0.167. The van der Waals surface area contributed by atoms with E-state index in [1.807, 2.05) is 19.2 Å². The van der Waals surface area contributed by atoms with E-state index in [4.69, 9.17) is 4.74 Å². The average molecular weight is 313 g/mol. The zero-order valence-electron chi connectivity index (χ0n) is 8.70. The topological polar surface area (TPSA) is 12.5 Å². The summed E-state index contributed by atoms with van der Waals surface area (Å²) in [5.74, 6) is 0.926. The number of hydrogen-bond donors (Lipinski definition) is 0. The van der Waals surface area contributed by atoms with E-state index in [0.29, 0.717) is 0 Å². The first kappa shape index (κ1) is 10.5. The van der Waals surface area contributed by atoms with Crippen molar-refractivity contribution in [3.63, 3.8) is 0 Å². The van der Waals surface area contributed by atoms with E-state index in [1.54, 1.807) is 7.11 Å². The Morgan fingerprint density at radius 2 is 2.00 bits per heavy atom. The van der Waals surface area contributed by atoms with Crippen LogP contribution in [0.5, 0.6) is 5.75 Å². The summed E-state index contributed by atoms with van der Waals surface area (Å²) < 4.78 is 7.38. The zero-order valence-corrected chi connectivity index (χ0v) is 10.9. The van der Waals surface area contributed by atoms with Gasteiger partial charge in [0.2, 0.25) is 0 Å². The van der Waals surface area contributed by atoms with Crippen LogP contribution in [0.25, 0.3) is 10.8 Å². The molecule has 0 unspecified atom stereocenters. The second-order valence-electron chi connectivity index (χ2n) is 3.34. The predicted molar refractivity (Wildman–Crippen MR) is 72.9 cm³/mol. The maximum Gasteiger partial charge on any atom is 0.126 e.